The third-order valence-corrected chi connectivity index (χ3v) is 3.77. The number of hydrogen-bond acceptors (Lipinski definition) is 3. The summed E-state index contributed by atoms with van der Waals surface area (Å²) < 4.78 is 19.3. The highest BCUT2D eigenvalue weighted by atomic mass is 19.1. The molecule has 2 rings (SSSR count). The monoisotopic (exact) mass is 294 g/mol. The molecule has 21 heavy (non-hydrogen) atoms. The molecule has 1 aromatic rings. The van der Waals surface area contributed by atoms with Gasteiger partial charge in [0.2, 0.25) is 0 Å². The molecule has 0 bridgehead atoms. The van der Waals surface area contributed by atoms with Gasteiger partial charge in [0.05, 0.1) is 6.61 Å². The fourth-order valence-corrected chi connectivity index (χ4v) is 2.70. The fourth-order valence-electron chi connectivity index (χ4n) is 2.70. The number of hydrogen-bond donors (Lipinski definition) is 1. The van der Waals surface area contributed by atoms with Crippen LogP contribution in [0.3, 0.4) is 0 Å². The first kappa shape index (κ1) is 16.2. The van der Waals surface area contributed by atoms with Crippen molar-refractivity contribution in [2.45, 2.75) is 39.2 Å². The zero-order valence-corrected chi connectivity index (χ0v) is 13.0. The number of rotatable bonds is 9. The van der Waals surface area contributed by atoms with Gasteiger partial charge in [-0.15, -0.1) is 0 Å². The third kappa shape index (κ3) is 6.02. The van der Waals surface area contributed by atoms with Gasteiger partial charge in [0, 0.05) is 19.2 Å². The average Bonchev–Trinajstić information content (AvgIpc) is 2.97. The minimum absolute atomic E-state index is 0.222. The van der Waals surface area contributed by atoms with E-state index in [2.05, 4.69) is 17.1 Å². The second-order valence-corrected chi connectivity index (χ2v) is 5.72. The highest BCUT2D eigenvalue weighted by Gasteiger charge is 2.10. The lowest BCUT2D eigenvalue weighted by Gasteiger charge is -2.14. The Hall–Kier alpha value is -1.13. The van der Waals surface area contributed by atoms with Crippen LogP contribution in [-0.4, -0.2) is 37.7 Å². The number of nitrogens with one attached hydrogen (secondary N) is 1. The van der Waals surface area contributed by atoms with Crippen LogP contribution in [0.4, 0.5) is 4.39 Å². The molecule has 0 aromatic heterocycles. The van der Waals surface area contributed by atoms with Crippen molar-refractivity contribution in [3.8, 4) is 5.75 Å². The minimum Gasteiger partial charge on any atom is -0.493 e. The Bertz CT molecular complexity index is 419. The van der Waals surface area contributed by atoms with Gasteiger partial charge in [0.1, 0.15) is 11.6 Å². The zero-order valence-electron chi connectivity index (χ0n) is 13.0. The van der Waals surface area contributed by atoms with E-state index in [0.29, 0.717) is 18.9 Å². The Kier molecular flexibility index (Phi) is 6.96. The van der Waals surface area contributed by atoms with Gasteiger partial charge < -0.3 is 15.0 Å². The standard InChI is InChI=1S/C17H27FN2O/c1-2-6-19-14-15-11-16(18)13-17(12-15)21-10-5-9-20-7-3-4-8-20/h11-13,19H,2-10,14H2,1H3. The second kappa shape index (κ2) is 9.00. The summed E-state index contributed by atoms with van der Waals surface area (Å²) in [5, 5.41) is 3.28. The van der Waals surface area contributed by atoms with Crippen molar-refractivity contribution in [1.82, 2.24) is 10.2 Å². The van der Waals surface area contributed by atoms with Gasteiger partial charge in [0.25, 0.3) is 0 Å². The van der Waals surface area contributed by atoms with Gasteiger partial charge >= 0.3 is 0 Å². The topological polar surface area (TPSA) is 24.5 Å². The highest BCUT2D eigenvalue weighted by molar-refractivity contribution is 5.29. The van der Waals surface area contributed by atoms with Gasteiger partial charge in [-0.2, -0.15) is 0 Å². The normalized spacial score (nSPS) is 15.5. The molecule has 0 amide bonds. The van der Waals surface area contributed by atoms with Crippen molar-refractivity contribution in [2.24, 2.45) is 0 Å². The van der Waals surface area contributed by atoms with Crippen LogP contribution in [0.2, 0.25) is 0 Å². The minimum atomic E-state index is -0.222. The van der Waals surface area contributed by atoms with Crippen molar-refractivity contribution in [3.63, 3.8) is 0 Å². The Morgan fingerprint density at radius 2 is 2.05 bits per heavy atom. The molecule has 1 aliphatic heterocycles. The summed E-state index contributed by atoms with van der Waals surface area (Å²) >= 11 is 0. The molecule has 1 heterocycles. The van der Waals surface area contributed by atoms with E-state index in [9.17, 15) is 4.39 Å². The van der Waals surface area contributed by atoms with Crippen LogP contribution >= 0.6 is 0 Å². The molecule has 4 heteroatoms. The molecule has 0 radical (unpaired) electrons. The van der Waals surface area contributed by atoms with Gasteiger partial charge in [-0.05, 0) is 63.0 Å². The van der Waals surface area contributed by atoms with E-state index in [1.165, 1.54) is 32.0 Å². The van der Waals surface area contributed by atoms with E-state index < -0.39 is 0 Å². The van der Waals surface area contributed by atoms with Crippen molar-refractivity contribution in [1.29, 1.82) is 0 Å². The molecule has 0 aliphatic carbocycles. The van der Waals surface area contributed by atoms with E-state index >= 15 is 0 Å². The fraction of sp³-hybridized carbons (Fsp3) is 0.647. The molecule has 1 aliphatic rings. The summed E-state index contributed by atoms with van der Waals surface area (Å²) in [6, 6.07) is 4.97. The summed E-state index contributed by atoms with van der Waals surface area (Å²) in [7, 11) is 0. The van der Waals surface area contributed by atoms with Crippen molar-refractivity contribution >= 4 is 0 Å². The molecule has 0 unspecified atom stereocenters. The van der Waals surface area contributed by atoms with Gasteiger partial charge in [-0.25, -0.2) is 4.39 Å². The van der Waals surface area contributed by atoms with Crippen LogP contribution in [0.15, 0.2) is 18.2 Å². The predicted molar refractivity (Wildman–Crippen MR) is 84.2 cm³/mol. The molecule has 1 N–H and O–H groups in total. The van der Waals surface area contributed by atoms with Crippen LogP contribution in [0.25, 0.3) is 0 Å². The first-order chi connectivity index (χ1) is 10.3. The Morgan fingerprint density at radius 3 is 2.81 bits per heavy atom. The summed E-state index contributed by atoms with van der Waals surface area (Å²) in [4.78, 5) is 2.47. The molecule has 0 atom stereocenters. The van der Waals surface area contributed by atoms with Crippen LogP contribution in [0, 0.1) is 5.82 Å². The van der Waals surface area contributed by atoms with E-state index in [4.69, 9.17) is 4.74 Å². The van der Waals surface area contributed by atoms with Crippen LogP contribution in [0.5, 0.6) is 5.75 Å². The quantitative estimate of drug-likeness (QED) is 0.708. The molecular weight excluding hydrogens is 267 g/mol. The van der Waals surface area contributed by atoms with E-state index in [1.807, 2.05) is 6.07 Å². The maximum Gasteiger partial charge on any atom is 0.127 e. The molecule has 1 saturated heterocycles. The number of ether oxygens (including phenoxy) is 1. The van der Waals surface area contributed by atoms with Crippen LogP contribution in [0.1, 0.15) is 38.2 Å². The zero-order chi connectivity index (χ0) is 14.9. The Morgan fingerprint density at radius 1 is 1.24 bits per heavy atom. The van der Waals surface area contributed by atoms with Crippen LogP contribution < -0.4 is 10.1 Å². The third-order valence-electron chi connectivity index (χ3n) is 3.77. The van der Waals surface area contributed by atoms with Crippen molar-refractivity contribution < 1.29 is 9.13 Å². The smallest absolute Gasteiger partial charge is 0.127 e. The lowest BCUT2D eigenvalue weighted by Crippen LogP contribution is -2.21. The summed E-state index contributed by atoms with van der Waals surface area (Å²) in [6.45, 7) is 7.92. The van der Waals surface area contributed by atoms with Gasteiger partial charge in [-0.3, -0.25) is 0 Å². The van der Waals surface area contributed by atoms with E-state index in [0.717, 1.165) is 31.5 Å². The summed E-state index contributed by atoms with van der Waals surface area (Å²) in [6.07, 6.45) is 4.72. The summed E-state index contributed by atoms with van der Waals surface area (Å²) in [5.41, 5.74) is 0.943. The molecule has 1 aromatic carbocycles. The lowest BCUT2D eigenvalue weighted by atomic mass is 10.2. The van der Waals surface area contributed by atoms with Crippen molar-refractivity contribution in [3.05, 3.63) is 29.6 Å². The molecule has 0 saturated carbocycles. The number of likely N-dealkylation sites (tertiary alicyclic amines) is 1. The van der Waals surface area contributed by atoms with Crippen molar-refractivity contribution in [2.75, 3.05) is 32.8 Å². The predicted octanol–water partition coefficient (Wildman–Crippen LogP) is 3.19. The number of halogens is 1. The van der Waals surface area contributed by atoms with Crippen LogP contribution in [-0.2, 0) is 6.54 Å². The first-order valence-corrected chi connectivity index (χ1v) is 8.13. The molecular formula is C17H27FN2O. The molecule has 3 nitrogen and oxygen atoms in total. The Labute approximate surface area is 127 Å². The maximum atomic E-state index is 13.6. The molecule has 1 fully saturated rings. The van der Waals surface area contributed by atoms with Gasteiger partial charge in [0.15, 0.2) is 0 Å². The lowest BCUT2D eigenvalue weighted by molar-refractivity contribution is 0.262. The average molecular weight is 294 g/mol. The number of benzene rings is 1. The van der Waals surface area contributed by atoms with E-state index in [-0.39, 0.29) is 5.82 Å². The maximum absolute atomic E-state index is 13.6. The highest BCUT2D eigenvalue weighted by Crippen LogP contribution is 2.17. The summed E-state index contributed by atoms with van der Waals surface area (Å²) in [5.74, 6) is 0.421. The van der Waals surface area contributed by atoms with E-state index in [1.54, 1.807) is 6.07 Å². The SMILES string of the molecule is CCCNCc1cc(F)cc(OCCCN2CCCC2)c1. The molecule has 118 valence electrons. The Balaban J connectivity index is 1.73. The molecule has 0 spiro atoms. The number of nitrogens with zero attached hydrogens (tertiary/aromatic N) is 1. The first-order valence-electron chi connectivity index (χ1n) is 8.13. The largest absolute Gasteiger partial charge is 0.493 e. The van der Waals surface area contributed by atoms with Gasteiger partial charge in [-0.1, -0.05) is 6.92 Å². The second-order valence-electron chi connectivity index (χ2n) is 5.72.